The molecule has 0 amide bonds. The summed E-state index contributed by atoms with van der Waals surface area (Å²) in [5, 5.41) is 35.9. The lowest BCUT2D eigenvalue weighted by Gasteiger charge is -2.19. The standard InChI is InChI=1S/C26H12N4/c1-13-4-6-19-24-18(7-5-15(10-27)21(13)24)23-16(11-28)8-14(2)22-17(12-29)9-20(30-3)25(19)26(22)23/h4-9H,1-2H3. The zero-order valence-electron chi connectivity index (χ0n) is 16.3. The second kappa shape index (κ2) is 5.93. The highest BCUT2D eigenvalue weighted by atomic mass is 14.6. The highest BCUT2D eigenvalue weighted by Gasteiger charge is 2.22. The number of fused-ring (bicyclic) bond motifs is 2. The van der Waals surface area contributed by atoms with Crippen LogP contribution >= 0.6 is 0 Å². The van der Waals surface area contributed by atoms with E-state index < -0.39 is 0 Å². The summed E-state index contributed by atoms with van der Waals surface area (Å²) in [6.07, 6.45) is 0. The molecule has 0 bridgehead atoms. The average molecular weight is 380 g/mol. The lowest BCUT2D eigenvalue weighted by Crippen LogP contribution is -1.96. The molecule has 0 atom stereocenters. The van der Waals surface area contributed by atoms with Gasteiger partial charge in [-0.2, -0.15) is 15.8 Å². The van der Waals surface area contributed by atoms with Crippen molar-refractivity contribution in [3.8, 4) is 18.2 Å². The smallest absolute Gasteiger partial charge is 0.196 e. The third-order valence-electron chi connectivity index (χ3n) is 5.97. The maximum Gasteiger partial charge on any atom is 0.196 e. The normalized spacial score (nSPS) is 10.9. The summed E-state index contributed by atoms with van der Waals surface area (Å²) in [4.78, 5) is 3.74. The summed E-state index contributed by atoms with van der Waals surface area (Å²) in [7, 11) is 0. The van der Waals surface area contributed by atoms with Gasteiger partial charge in [-0.05, 0) is 70.1 Å². The van der Waals surface area contributed by atoms with E-state index in [1.54, 1.807) is 12.1 Å². The Bertz CT molecular complexity index is 1730. The molecule has 0 aromatic heterocycles. The molecule has 0 saturated carbocycles. The van der Waals surface area contributed by atoms with Crippen molar-refractivity contribution >= 4 is 48.8 Å². The van der Waals surface area contributed by atoms with Gasteiger partial charge >= 0.3 is 0 Å². The fourth-order valence-corrected chi connectivity index (χ4v) is 4.82. The minimum absolute atomic E-state index is 0.382. The minimum atomic E-state index is 0.382. The van der Waals surface area contributed by atoms with Crippen LogP contribution in [0, 0.1) is 54.4 Å². The van der Waals surface area contributed by atoms with Crippen molar-refractivity contribution < 1.29 is 0 Å². The van der Waals surface area contributed by atoms with Gasteiger partial charge in [0.1, 0.15) is 0 Å². The van der Waals surface area contributed by atoms with E-state index in [2.05, 4.69) is 23.1 Å². The largest absolute Gasteiger partial charge is 0.237 e. The Morgan fingerprint density at radius 1 is 0.633 bits per heavy atom. The maximum absolute atomic E-state index is 9.93. The van der Waals surface area contributed by atoms with Crippen LogP contribution < -0.4 is 0 Å². The Kier molecular flexibility index (Phi) is 3.45. The van der Waals surface area contributed by atoms with Gasteiger partial charge < -0.3 is 0 Å². The molecular weight excluding hydrogens is 368 g/mol. The SMILES string of the molecule is [C-]#[N+]c1cc(C#N)c2c(C)cc(C#N)c3c4ccc(C#N)c5c(C)ccc(c1c23)c54. The molecule has 5 aromatic carbocycles. The van der Waals surface area contributed by atoms with E-state index >= 15 is 0 Å². The Morgan fingerprint density at radius 2 is 1.23 bits per heavy atom. The van der Waals surface area contributed by atoms with E-state index in [-0.39, 0.29) is 0 Å². The van der Waals surface area contributed by atoms with Crippen molar-refractivity contribution in [2.24, 2.45) is 0 Å². The molecule has 30 heavy (non-hydrogen) atoms. The fraction of sp³-hybridized carbons (Fsp3) is 0.0769. The van der Waals surface area contributed by atoms with Crippen LogP contribution in [0.2, 0.25) is 0 Å². The summed E-state index contributed by atoms with van der Waals surface area (Å²) in [6.45, 7) is 11.6. The molecule has 4 nitrogen and oxygen atoms in total. The zero-order chi connectivity index (χ0) is 21.2. The molecule has 0 radical (unpaired) electrons. The van der Waals surface area contributed by atoms with Crippen molar-refractivity contribution in [3.05, 3.63) is 75.6 Å². The molecule has 5 rings (SSSR count). The second-order valence-electron chi connectivity index (χ2n) is 7.47. The van der Waals surface area contributed by atoms with Gasteiger partial charge in [0, 0.05) is 21.7 Å². The van der Waals surface area contributed by atoms with Crippen LogP contribution in [0.15, 0.2) is 36.4 Å². The van der Waals surface area contributed by atoms with E-state index in [1.165, 1.54) is 0 Å². The van der Waals surface area contributed by atoms with E-state index in [0.29, 0.717) is 22.4 Å². The van der Waals surface area contributed by atoms with Gasteiger partial charge in [0.05, 0.1) is 35.9 Å². The number of nitriles is 3. The van der Waals surface area contributed by atoms with Gasteiger partial charge in [-0.25, -0.2) is 4.85 Å². The maximum atomic E-state index is 9.93. The van der Waals surface area contributed by atoms with E-state index in [0.717, 1.165) is 54.2 Å². The Labute approximate surface area is 172 Å². The number of benzene rings is 5. The molecular formula is C26H12N4. The lowest BCUT2D eigenvalue weighted by molar-refractivity contribution is 1.46. The molecule has 0 fully saturated rings. The van der Waals surface area contributed by atoms with Gasteiger partial charge in [0.2, 0.25) is 0 Å². The Balaban J connectivity index is 2.34. The van der Waals surface area contributed by atoms with Crippen molar-refractivity contribution in [2.45, 2.75) is 13.8 Å². The Hall–Kier alpha value is -4.64. The van der Waals surface area contributed by atoms with Gasteiger partial charge in [-0.15, -0.1) is 0 Å². The first-order chi connectivity index (χ1) is 14.5. The lowest BCUT2D eigenvalue weighted by atomic mass is 9.83. The highest BCUT2D eigenvalue weighted by molar-refractivity contribution is 6.37. The predicted octanol–water partition coefficient (Wildman–Crippen LogP) is 6.52. The Morgan fingerprint density at radius 3 is 1.90 bits per heavy atom. The fourth-order valence-electron chi connectivity index (χ4n) is 4.82. The van der Waals surface area contributed by atoms with Crippen LogP contribution in [0.3, 0.4) is 0 Å². The molecule has 0 aliphatic rings. The number of hydrogen-bond donors (Lipinski definition) is 0. The second-order valence-corrected chi connectivity index (χ2v) is 7.47. The zero-order valence-corrected chi connectivity index (χ0v) is 16.3. The minimum Gasteiger partial charge on any atom is -0.237 e. The van der Waals surface area contributed by atoms with Gasteiger partial charge in [-0.3, -0.25) is 0 Å². The molecule has 0 heterocycles. The van der Waals surface area contributed by atoms with Crippen LogP contribution in [0.5, 0.6) is 0 Å². The van der Waals surface area contributed by atoms with E-state index in [4.69, 9.17) is 6.57 Å². The van der Waals surface area contributed by atoms with Crippen molar-refractivity contribution in [3.63, 3.8) is 0 Å². The molecule has 0 aliphatic carbocycles. The van der Waals surface area contributed by atoms with E-state index in [1.807, 2.05) is 38.1 Å². The molecule has 5 aromatic rings. The first-order valence-electron chi connectivity index (χ1n) is 9.34. The van der Waals surface area contributed by atoms with Crippen molar-refractivity contribution in [1.82, 2.24) is 0 Å². The quantitative estimate of drug-likeness (QED) is 0.174. The van der Waals surface area contributed by atoms with Crippen LogP contribution in [0.1, 0.15) is 27.8 Å². The summed E-state index contributed by atoms with van der Waals surface area (Å²) in [5.74, 6) is 0. The van der Waals surface area contributed by atoms with Crippen LogP contribution in [-0.4, -0.2) is 0 Å². The van der Waals surface area contributed by atoms with Crippen molar-refractivity contribution in [1.29, 1.82) is 15.8 Å². The molecule has 0 spiro atoms. The average Bonchev–Trinajstić information content (AvgIpc) is 2.77. The molecule has 0 saturated heterocycles. The summed E-state index contributed by atoms with van der Waals surface area (Å²) >= 11 is 0. The van der Waals surface area contributed by atoms with Gasteiger partial charge in [0.15, 0.2) is 5.69 Å². The van der Waals surface area contributed by atoms with E-state index in [9.17, 15) is 15.8 Å². The monoisotopic (exact) mass is 380 g/mol. The third-order valence-corrected chi connectivity index (χ3v) is 5.97. The van der Waals surface area contributed by atoms with Gasteiger partial charge in [0.25, 0.3) is 0 Å². The third kappa shape index (κ3) is 1.95. The first kappa shape index (κ1) is 17.5. The topological polar surface area (TPSA) is 75.7 Å². The summed E-state index contributed by atoms with van der Waals surface area (Å²) < 4.78 is 0. The van der Waals surface area contributed by atoms with Crippen LogP contribution in [0.4, 0.5) is 5.69 Å². The van der Waals surface area contributed by atoms with Crippen LogP contribution in [-0.2, 0) is 0 Å². The number of hydrogen-bond acceptors (Lipinski definition) is 3. The molecule has 0 aliphatic heterocycles. The van der Waals surface area contributed by atoms with Crippen LogP contribution in [0.25, 0.3) is 47.9 Å². The number of rotatable bonds is 0. The molecule has 136 valence electrons. The molecule has 0 unspecified atom stereocenters. The molecule has 0 N–H and O–H groups in total. The van der Waals surface area contributed by atoms with Gasteiger partial charge in [-0.1, -0.05) is 18.2 Å². The molecule has 4 heteroatoms. The van der Waals surface area contributed by atoms with Crippen molar-refractivity contribution in [2.75, 3.05) is 0 Å². The summed E-state index contributed by atoms with van der Waals surface area (Å²) in [5.41, 5.74) is 3.69. The highest BCUT2D eigenvalue weighted by Crippen LogP contribution is 2.48. The summed E-state index contributed by atoms with van der Waals surface area (Å²) in [6, 6.07) is 17.9. The first-order valence-corrected chi connectivity index (χ1v) is 9.34. The number of nitrogens with zero attached hydrogens (tertiary/aromatic N) is 4. The predicted molar refractivity (Wildman–Crippen MR) is 118 cm³/mol. The number of aryl methyl sites for hydroxylation is 2.